The number of hydrogen-bond acceptors (Lipinski definition) is 11. The molecule has 0 radical (unpaired) electrons. The van der Waals surface area contributed by atoms with Crippen LogP contribution in [0.3, 0.4) is 0 Å². The predicted molar refractivity (Wildman–Crippen MR) is 255 cm³/mol. The van der Waals surface area contributed by atoms with Crippen molar-refractivity contribution in [1.82, 2.24) is 15.2 Å². The van der Waals surface area contributed by atoms with Crippen LogP contribution in [0.5, 0.6) is 11.5 Å². The highest BCUT2D eigenvalue weighted by Gasteiger charge is 2.37. The molecular formula is C49H58N4O12S2. The van der Waals surface area contributed by atoms with Crippen LogP contribution in [-0.2, 0) is 25.0 Å². The fraction of sp³-hybridized carbons (Fsp3) is 0.429. The van der Waals surface area contributed by atoms with Crippen molar-refractivity contribution >= 4 is 60.6 Å². The van der Waals surface area contributed by atoms with Crippen LogP contribution in [0.1, 0.15) is 122 Å². The molecule has 0 fully saturated rings. The van der Waals surface area contributed by atoms with E-state index < -0.39 is 60.8 Å². The number of unbranched alkanes of at least 4 members (excludes halogenated alkanes) is 2. The molecule has 3 aromatic rings. The Bertz CT molecular complexity index is 2990. The van der Waals surface area contributed by atoms with Gasteiger partial charge in [0.15, 0.2) is 5.54 Å². The summed E-state index contributed by atoms with van der Waals surface area (Å²) in [6, 6.07) is 11.1. The first-order valence-corrected chi connectivity index (χ1v) is 25.6. The minimum Gasteiger partial charge on any atom is -0.748 e. The number of alkyl carbamates (subject to hydrolysis) is 1. The first kappa shape index (κ1) is 49.1. The van der Waals surface area contributed by atoms with Gasteiger partial charge in [0.2, 0.25) is 5.36 Å². The molecule has 18 heteroatoms. The summed E-state index contributed by atoms with van der Waals surface area (Å²) in [5.41, 5.74) is 1.19. The van der Waals surface area contributed by atoms with Crippen LogP contribution in [0.15, 0.2) is 66.8 Å². The summed E-state index contributed by atoms with van der Waals surface area (Å²) >= 11 is 0. The lowest BCUT2D eigenvalue weighted by Gasteiger charge is -2.42. The molecule has 0 saturated carbocycles. The molecule has 3 heterocycles. The third kappa shape index (κ3) is 11.1. The molecule has 1 aliphatic carbocycles. The fourth-order valence-electron chi connectivity index (χ4n) is 9.21. The average molecular weight is 959 g/mol. The van der Waals surface area contributed by atoms with E-state index in [0.717, 1.165) is 32.1 Å². The number of carboxylic acid groups (broad SMARTS) is 1. The number of anilines is 1. The number of ether oxygens (including phenoxy) is 2. The molecule has 358 valence electrons. The van der Waals surface area contributed by atoms with E-state index in [1.807, 2.05) is 51.3 Å². The van der Waals surface area contributed by atoms with Crippen molar-refractivity contribution in [3.8, 4) is 11.5 Å². The Hall–Kier alpha value is -5.82. The molecule has 0 aromatic heterocycles. The van der Waals surface area contributed by atoms with Crippen LogP contribution in [0, 0.1) is 0 Å². The molecule has 3 aliphatic heterocycles. The van der Waals surface area contributed by atoms with Crippen LogP contribution in [0.2, 0.25) is 0 Å². The maximum Gasteiger partial charge on any atom is 0.407 e. The van der Waals surface area contributed by atoms with Crippen LogP contribution in [0.4, 0.5) is 10.5 Å². The Labute approximate surface area is 391 Å². The highest BCUT2D eigenvalue weighted by Crippen LogP contribution is 2.47. The third-order valence-electron chi connectivity index (χ3n) is 13.0. The molecule has 3 aromatic carbocycles. The molecule has 0 spiro atoms. The van der Waals surface area contributed by atoms with Crippen LogP contribution < -0.4 is 35.4 Å². The number of allylic oxidation sites excluding steroid dienone is 2. The lowest BCUT2D eigenvalue weighted by atomic mass is 9.83. The second-order valence-corrected chi connectivity index (χ2v) is 21.6. The van der Waals surface area contributed by atoms with Gasteiger partial charge in [0.1, 0.15) is 30.4 Å². The van der Waals surface area contributed by atoms with Crippen molar-refractivity contribution < 1.29 is 54.9 Å². The monoisotopic (exact) mass is 958 g/mol. The summed E-state index contributed by atoms with van der Waals surface area (Å²) < 4.78 is 85.8. The van der Waals surface area contributed by atoms with Crippen molar-refractivity contribution in [2.24, 2.45) is 0 Å². The van der Waals surface area contributed by atoms with E-state index in [1.165, 1.54) is 18.2 Å². The van der Waals surface area contributed by atoms with Gasteiger partial charge in [-0.2, -0.15) is 8.42 Å². The van der Waals surface area contributed by atoms with Gasteiger partial charge in [-0.05, 0) is 112 Å². The van der Waals surface area contributed by atoms with Gasteiger partial charge in [0.25, 0.3) is 16.0 Å². The largest absolute Gasteiger partial charge is 0.748 e. The summed E-state index contributed by atoms with van der Waals surface area (Å²) in [5, 5.41) is 17.4. The van der Waals surface area contributed by atoms with E-state index in [9.17, 15) is 45.4 Å². The molecule has 1 unspecified atom stereocenters. The van der Waals surface area contributed by atoms with Crippen molar-refractivity contribution in [1.29, 1.82) is 0 Å². The minimum atomic E-state index is -4.76. The molecule has 16 nitrogen and oxygen atoms in total. The Kier molecular flexibility index (Phi) is 14.0. The number of nitrogens with zero attached hydrogens (tertiary/aromatic N) is 2. The number of benzene rings is 3. The lowest BCUT2D eigenvalue weighted by Crippen LogP contribution is -2.47. The molecule has 67 heavy (non-hydrogen) atoms. The van der Waals surface area contributed by atoms with Gasteiger partial charge in [-0.3, -0.25) is 9.35 Å². The normalized spacial score (nSPS) is 18.9. The third-order valence-corrected chi connectivity index (χ3v) is 14.3. The summed E-state index contributed by atoms with van der Waals surface area (Å²) in [6.07, 6.45) is 13.6. The number of rotatable bonds is 14. The van der Waals surface area contributed by atoms with Gasteiger partial charge < -0.3 is 34.7 Å². The number of amides is 2. The predicted octanol–water partition coefficient (Wildman–Crippen LogP) is 5.59. The van der Waals surface area contributed by atoms with Gasteiger partial charge >= 0.3 is 12.1 Å². The molecular weight excluding hydrogens is 901 g/mol. The number of likely N-dealkylation sites (N-methyl/N-ethyl adjacent to an activating group) is 2. The average Bonchev–Trinajstić information content (AvgIpc) is 3.22. The Morgan fingerprint density at radius 1 is 0.851 bits per heavy atom. The number of carbonyl (C=O) groups is 3. The standard InChI is InChI=1S/C49H58N4O12S2/c1-48(2)26-31(28-66(58,59)60)35-22-38-42(24-40(35)52(48)5)65-43-25-41-36(32(29-67(61,62)63)27-49(3,4)53(41)6)23-39(43)44(38)34-18-17-30(21-37(34)46(55)56)45(54)50-19-13-10-14-20-51-47(57)64-33-15-11-8-7-9-12-16-33/h7-8,17-18,21-27,33H,9-16,19-20,28-29H2,1-6H3,(H4-,50,51,54,55,56,57,58,59,60,61,62,63)/b8-7+. The van der Waals surface area contributed by atoms with E-state index in [1.54, 1.807) is 36.4 Å². The number of carboxylic acids is 1. The van der Waals surface area contributed by atoms with E-state index in [0.29, 0.717) is 88.0 Å². The van der Waals surface area contributed by atoms with Crippen molar-refractivity contribution in [2.45, 2.75) is 96.2 Å². The first-order chi connectivity index (χ1) is 31.4. The lowest BCUT2D eigenvalue weighted by molar-refractivity contribution is 0.0696. The van der Waals surface area contributed by atoms with E-state index in [2.05, 4.69) is 22.8 Å². The summed E-state index contributed by atoms with van der Waals surface area (Å²) in [4.78, 5) is 41.1. The maximum absolute atomic E-state index is 13.5. The molecule has 1 atom stereocenters. The second kappa shape index (κ2) is 19.1. The Balaban J connectivity index is 1.24. The molecule has 2 amide bonds. The van der Waals surface area contributed by atoms with E-state index in [-0.39, 0.29) is 28.4 Å². The SMILES string of the molecule is CN1c2cc3c(cc2C(CS(=O)(=O)[O-])=CC1(C)C)C(c1ccc(C(=O)NCCCCCNC(=O)OC2CC/C=C/CCC2)cc1C(=O)O)=c1cc2c(cc1O3)=[N+](C)C(C)(C)C=C2CS(=O)(=O)O. The van der Waals surface area contributed by atoms with Crippen molar-refractivity contribution in [2.75, 3.05) is 43.6 Å². The van der Waals surface area contributed by atoms with Crippen LogP contribution in [0.25, 0.3) is 16.7 Å². The number of carbonyl (C=O) groups excluding carboxylic acids is 2. The number of nitrogens with one attached hydrogen (secondary N) is 2. The van der Waals surface area contributed by atoms with E-state index >= 15 is 0 Å². The molecule has 7 rings (SSSR count). The Morgan fingerprint density at radius 3 is 2.25 bits per heavy atom. The first-order valence-electron chi connectivity index (χ1n) is 22.4. The number of aromatic carboxylic acids is 1. The number of fused-ring (bicyclic) bond motifs is 4. The zero-order valence-corrected chi connectivity index (χ0v) is 40.2. The highest BCUT2D eigenvalue weighted by molar-refractivity contribution is 7.86. The Morgan fingerprint density at radius 2 is 1.55 bits per heavy atom. The summed E-state index contributed by atoms with van der Waals surface area (Å²) in [7, 11) is -5.62. The van der Waals surface area contributed by atoms with Gasteiger partial charge in [-0.15, -0.1) is 0 Å². The summed E-state index contributed by atoms with van der Waals surface area (Å²) in [5.74, 6) is -2.78. The zero-order valence-electron chi connectivity index (χ0n) is 38.6. The van der Waals surface area contributed by atoms with Gasteiger partial charge in [-0.1, -0.05) is 24.3 Å². The smallest absolute Gasteiger partial charge is 0.407 e. The van der Waals surface area contributed by atoms with Gasteiger partial charge in [0, 0.05) is 73.2 Å². The van der Waals surface area contributed by atoms with Gasteiger partial charge in [-0.25, -0.2) is 22.6 Å². The highest BCUT2D eigenvalue weighted by atomic mass is 32.2. The van der Waals surface area contributed by atoms with E-state index in [4.69, 9.17) is 9.47 Å². The maximum atomic E-state index is 13.5. The van der Waals surface area contributed by atoms with Crippen molar-refractivity contribution in [3.63, 3.8) is 0 Å². The molecule has 0 saturated heterocycles. The van der Waals surface area contributed by atoms with Crippen molar-refractivity contribution in [3.05, 3.63) is 111 Å². The molecule has 0 bridgehead atoms. The second-order valence-electron chi connectivity index (χ2n) is 18.7. The zero-order chi connectivity index (χ0) is 48.6. The van der Waals surface area contributed by atoms with Crippen LogP contribution >= 0.6 is 0 Å². The van der Waals surface area contributed by atoms with Gasteiger partial charge in [0.05, 0.1) is 38.6 Å². The minimum absolute atomic E-state index is 0.0798. The van der Waals surface area contributed by atoms with Crippen LogP contribution in [-0.4, -0.2) is 105 Å². The molecule has 4 aliphatic rings. The number of hydrogen-bond donors (Lipinski definition) is 4. The topological polar surface area (TPSA) is 232 Å². The molecule has 4 N–H and O–H groups in total. The quantitative estimate of drug-likeness (QED) is 0.0523. The summed E-state index contributed by atoms with van der Waals surface area (Å²) in [6.45, 7) is 8.22. The fourth-order valence-corrected chi connectivity index (χ4v) is 10.5.